The van der Waals surface area contributed by atoms with Gasteiger partial charge in [-0.25, -0.2) is 4.79 Å². The molecule has 192 valence electrons. The molecule has 0 aliphatic heterocycles. The lowest BCUT2D eigenvalue weighted by molar-refractivity contribution is -0.129. The van der Waals surface area contributed by atoms with E-state index in [-0.39, 0.29) is 0 Å². The summed E-state index contributed by atoms with van der Waals surface area (Å²) >= 11 is 0. The minimum absolute atomic E-state index is 0.420. The molecule has 0 spiro atoms. The predicted octanol–water partition coefficient (Wildman–Crippen LogP) is 6.80. The van der Waals surface area contributed by atoms with Gasteiger partial charge in [-0.05, 0) is 46.6 Å². The summed E-state index contributed by atoms with van der Waals surface area (Å²) in [5.74, 6) is 0.414. The van der Waals surface area contributed by atoms with Gasteiger partial charge >= 0.3 is 5.97 Å². The lowest BCUT2D eigenvalue weighted by atomic mass is 9.94. The Hall–Kier alpha value is -4.46. The van der Waals surface area contributed by atoms with E-state index in [1.54, 1.807) is 13.2 Å². The zero-order valence-corrected chi connectivity index (χ0v) is 22.7. The molecule has 0 N–H and O–H groups in total. The van der Waals surface area contributed by atoms with E-state index < -0.39 is 13.9 Å². The fourth-order valence-corrected chi connectivity index (χ4v) is 7.21. The first-order valence-corrected chi connectivity index (χ1v) is 14.1. The molecule has 5 aromatic rings. The van der Waals surface area contributed by atoms with Crippen molar-refractivity contribution >= 4 is 29.8 Å². The van der Waals surface area contributed by atoms with Crippen LogP contribution >= 0.6 is 7.92 Å². The third kappa shape index (κ3) is 5.85. The number of methoxy groups -OCH3 is 1. The first-order valence-electron chi connectivity index (χ1n) is 12.8. The summed E-state index contributed by atoms with van der Waals surface area (Å²) in [6.07, 6.45) is 1.73. The van der Waals surface area contributed by atoms with Crippen LogP contribution < -0.4 is 25.4 Å². The lowest BCUT2D eigenvalue weighted by Crippen LogP contribution is -2.22. The molecular weight excluding hydrogens is 499 g/mol. The van der Waals surface area contributed by atoms with E-state index >= 15 is 0 Å². The van der Waals surface area contributed by atoms with E-state index in [0.717, 1.165) is 22.8 Å². The quantitative estimate of drug-likeness (QED) is 0.0913. The molecule has 0 saturated carbocycles. The summed E-state index contributed by atoms with van der Waals surface area (Å²) in [7, 11) is 0.783. The van der Waals surface area contributed by atoms with Gasteiger partial charge in [0, 0.05) is 18.1 Å². The highest BCUT2D eigenvalue weighted by Crippen LogP contribution is 2.39. The fraction of sp³-hybridized carbons (Fsp3) is 0.0571. The highest BCUT2D eigenvalue weighted by atomic mass is 31.1. The highest BCUT2D eigenvalue weighted by Gasteiger charge is 2.22. The van der Waals surface area contributed by atoms with Crippen molar-refractivity contribution in [1.29, 1.82) is 0 Å². The first kappa shape index (κ1) is 26.2. The topological polar surface area (TPSA) is 35.5 Å². The molecule has 0 atom stereocenters. The van der Waals surface area contributed by atoms with Crippen molar-refractivity contribution in [2.45, 2.75) is 6.42 Å². The van der Waals surface area contributed by atoms with Crippen LogP contribution in [0, 0.1) is 0 Å². The van der Waals surface area contributed by atoms with Crippen LogP contribution in [0.4, 0.5) is 0 Å². The van der Waals surface area contributed by atoms with Crippen LogP contribution in [-0.2, 0) is 11.2 Å². The highest BCUT2D eigenvalue weighted by molar-refractivity contribution is 7.80. The van der Waals surface area contributed by atoms with Crippen LogP contribution in [0.1, 0.15) is 11.1 Å². The van der Waals surface area contributed by atoms with Gasteiger partial charge in [-0.1, -0.05) is 128 Å². The Bertz CT molecular complexity index is 1540. The number of para-hydroxylation sites is 1. The molecule has 5 aromatic carbocycles. The third-order valence-corrected chi connectivity index (χ3v) is 9.01. The van der Waals surface area contributed by atoms with Gasteiger partial charge in [-0.3, -0.25) is 0 Å². The molecule has 0 amide bonds. The normalized spacial score (nSPS) is 10.7. The van der Waals surface area contributed by atoms with E-state index in [1.807, 2.05) is 18.2 Å². The van der Waals surface area contributed by atoms with E-state index in [4.69, 9.17) is 9.47 Å². The van der Waals surface area contributed by atoms with Gasteiger partial charge in [0.15, 0.2) is 11.5 Å². The number of esters is 1. The first-order chi connectivity index (χ1) is 19.2. The van der Waals surface area contributed by atoms with Crippen molar-refractivity contribution in [3.05, 3.63) is 151 Å². The summed E-state index contributed by atoms with van der Waals surface area (Å²) in [4.78, 5) is 12.1. The minimum atomic E-state index is -0.791. The average Bonchev–Trinajstić information content (AvgIpc) is 3.00. The SMILES string of the molecule is C=CC(=O)Oc1c(Cc2ccccc2-c2ccccc2P(c2ccccc2)c2ccccc2)cccc1OC. The molecule has 0 aromatic heterocycles. The number of carbonyl (C=O) groups is 1. The Balaban J connectivity index is 1.63. The van der Waals surface area contributed by atoms with Crippen molar-refractivity contribution in [2.24, 2.45) is 0 Å². The van der Waals surface area contributed by atoms with Crippen LogP contribution in [0.15, 0.2) is 140 Å². The number of ether oxygens (including phenoxy) is 2. The molecule has 0 bridgehead atoms. The summed E-state index contributed by atoms with van der Waals surface area (Å²) < 4.78 is 11.2. The van der Waals surface area contributed by atoms with Gasteiger partial charge in [0.05, 0.1) is 7.11 Å². The Morgan fingerprint density at radius 1 is 0.692 bits per heavy atom. The van der Waals surface area contributed by atoms with Crippen molar-refractivity contribution in [2.75, 3.05) is 7.11 Å². The molecule has 3 nitrogen and oxygen atoms in total. The van der Waals surface area contributed by atoms with Crippen molar-refractivity contribution in [1.82, 2.24) is 0 Å². The maximum absolute atomic E-state index is 12.1. The zero-order valence-electron chi connectivity index (χ0n) is 21.8. The third-order valence-electron chi connectivity index (χ3n) is 6.51. The largest absolute Gasteiger partial charge is 0.493 e. The Morgan fingerprint density at radius 2 is 1.26 bits per heavy atom. The van der Waals surface area contributed by atoms with Crippen LogP contribution in [0.25, 0.3) is 11.1 Å². The monoisotopic (exact) mass is 528 g/mol. The molecule has 0 aliphatic rings. The van der Waals surface area contributed by atoms with Crippen molar-refractivity contribution in [3.8, 4) is 22.6 Å². The molecule has 39 heavy (non-hydrogen) atoms. The maximum Gasteiger partial charge on any atom is 0.335 e. The van der Waals surface area contributed by atoms with Crippen LogP contribution in [0.3, 0.4) is 0 Å². The maximum atomic E-state index is 12.1. The standard InChI is InChI=1S/C35H29O3P/c1-3-34(36)38-35-27(16-14-23-32(35)37-2)25-26-15-10-11-21-30(26)31-22-12-13-24-33(31)39(28-17-6-4-7-18-28)29-19-8-5-9-20-29/h3-24H,1,25H2,2H3. The smallest absolute Gasteiger partial charge is 0.335 e. The molecule has 0 unspecified atom stereocenters. The van der Waals surface area contributed by atoms with E-state index in [9.17, 15) is 4.79 Å². The van der Waals surface area contributed by atoms with Gasteiger partial charge in [-0.15, -0.1) is 0 Å². The van der Waals surface area contributed by atoms with Crippen molar-refractivity contribution in [3.63, 3.8) is 0 Å². The molecule has 4 heteroatoms. The van der Waals surface area contributed by atoms with E-state index in [1.165, 1.54) is 21.5 Å². The van der Waals surface area contributed by atoms with Gasteiger partial charge in [0.2, 0.25) is 0 Å². The number of benzene rings is 5. The fourth-order valence-electron chi connectivity index (χ4n) is 4.74. The van der Waals surface area contributed by atoms with Crippen LogP contribution in [0.2, 0.25) is 0 Å². The summed E-state index contributed by atoms with van der Waals surface area (Å²) in [5, 5.41) is 3.89. The van der Waals surface area contributed by atoms with Gasteiger partial charge in [-0.2, -0.15) is 0 Å². The second kappa shape index (κ2) is 12.4. The lowest BCUT2D eigenvalue weighted by Gasteiger charge is -2.23. The molecule has 0 radical (unpaired) electrons. The van der Waals surface area contributed by atoms with Crippen LogP contribution in [-0.4, -0.2) is 13.1 Å². The second-order valence-electron chi connectivity index (χ2n) is 8.93. The second-order valence-corrected chi connectivity index (χ2v) is 11.1. The zero-order chi connectivity index (χ0) is 27.0. The molecule has 5 rings (SSSR count). The Kier molecular flexibility index (Phi) is 8.31. The summed E-state index contributed by atoms with van der Waals surface area (Å²) in [6, 6.07) is 44.2. The molecule has 0 saturated heterocycles. The summed E-state index contributed by atoms with van der Waals surface area (Å²) in [5.41, 5.74) is 4.34. The molecule has 0 aliphatic carbocycles. The number of rotatable bonds is 9. The van der Waals surface area contributed by atoms with Crippen molar-refractivity contribution < 1.29 is 14.3 Å². The molecule has 0 fully saturated rings. The minimum Gasteiger partial charge on any atom is -0.493 e. The Morgan fingerprint density at radius 3 is 1.90 bits per heavy atom. The number of hydrogen-bond donors (Lipinski definition) is 0. The summed E-state index contributed by atoms with van der Waals surface area (Å²) in [6.45, 7) is 3.54. The molecule has 0 heterocycles. The average molecular weight is 529 g/mol. The number of carbonyl (C=O) groups excluding carboxylic acids is 1. The van der Waals surface area contributed by atoms with Gasteiger partial charge in [0.1, 0.15) is 0 Å². The predicted molar refractivity (Wildman–Crippen MR) is 162 cm³/mol. The Labute approximate surface area is 231 Å². The van der Waals surface area contributed by atoms with E-state index in [0.29, 0.717) is 17.9 Å². The molecular formula is C35H29O3P. The van der Waals surface area contributed by atoms with Gasteiger partial charge < -0.3 is 9.47 Å². The number of hydrogen-bond acceptors (Lipinski definition) is 3. The van der Waals surface area contributed by atoms with Gasteiger partial charge in [0.25, 0.3) is 0 Å². The van der Waals surface area contributed by atoms with Crippen LogP contribution in [0.5, 0.6) is 11.5 Å². The van der Waals surface area contributed by atoms with E-state index in [2.05, 4.69) is 110 Å².